The Bertz CT molecular complexity index is 517. The maximum Gasteiger partial charge on any atom is 0.251 e. The molecule has 0 aliphatic carbocycles. The van der Waals surface area contributed by atoms with Gasteiger partial charge in [0.05, 0.1) is 18.1 Å². The summed E-state index contributed by atoms with van der Waals surface area (Å²) >= 11 is 0. The summed E-state index contributed by atoms with van der Waals surface area (Å²) in [6, 6.07) is 0. The average molecular weight is 257 g/mol. The minimum absolute atomic E-state index is 0.134. The molecule has 1 atom stereocenters. The number of hydrogen-bond acceptors (Lipinski definition) is 6. The summed E-state index contributed by atoms with van der Waals surface area (Å²) in [5.41, 5.74) is 0. The summed E-state index contributed by atoms with van der Waals surface area (Å²) in [4.78, 5) is 16.9. The summed E-state index contributed by atoms with van der Waals surface area (Å²) in [7, 11) is -3.57. The number of amides is 1. The summed E-state index contributed by atoms with van der Waals surface area (Å²) in [5, 5.41) is 12.3. The number of carbonyl (C=O) groups excluding carboxylic acids is 1. The maximum atomic E-state index is 11.7. The molecule has 1 aromatic heterocycles. The van der Waals surface area contributed by atoms with Gasteiger partial charge in [-0.2, -0.15) is 5.10 Å². The molecule has 0 saturated carbocycles. The normalized spacial score (nSPS) is 20.9. The van der Waals surface area contributed by atoms with Crippen molar-refractivity contribution in [2.45, 2.75) is 6.42 Å². The lowest BCUT2D eigenvalue weighted by molar-refractivity contribution is -0.117. The predicted molar refractivity (Wildman–Crippen MR) is 58.3 cm³/mol. The number of rotatable bonds is 3. The fourth-order valence-corrected chi connectivity index (χ4v) is 2.66. The second-order valence-corrected chi connectivity index (χ2v) is 5.51. The molecule has 2 N–H and O–H groups in total. The largest absolute Gasteiger partial charge is 0.279 e. The second kappa shape index (κ2) is 4.34. The number of primary sulfonamides is 1. The molecule has 8 nitrogen and oxygen atoms in total. The van der Waals surface area contributed by atoms with E-state index in [0.29, 0.717) is 0 Å². The third-order valence-corrected chi connectivity index (χ3v) is 3.32. The minimum Gasteiger partial charge on any atom is -0.279 e. The molecule has 1 amide bonds. The van der Waals surface area contributed by atoms with Gasteiger partial charge >= 0.3 is 0 Å². The molecular formula is C8H11N5O3S. The first kappa shape index (κ1) is 11.9. The molecule has 1 fully saturated rings. The molecule has 0 spiro atoms. The topological polar surface area (TPSA) is 119 Å². The van der Waals surface area contributed by atoms with Crippen LogP contribution >= 0.6 is 0 Å². The standard InChI is InChI=1S/C8H11N5O3S/c9-17(15,16)5-6-3-7(14)13(4-6)8-10-1-2-11-12-8/h1-2,6H,3-5H2,(H2,9,15,16). The van der Waals surface area contributed by atoms with Gasteiger partial charge in [0.1, 0.15) is 0 Å². The van der Waals surface area contributed by atoms with E-state index in [1.165, 1.54) is 17.3 Å². The van der Waals surface area contributed by atoms with Gasteiger partial charge < -0.3 is 0 Å². The van der Waals surface area contributed by atoms with Gasteiger partial charge in [0.15, 0.2) is 0 Å². The highest BCUT2D eigenvalue weighted by Gasteiger charge is 2.34. The van der Waals surface area contributed by atoms with Gasteiger partial charge in [-0.15, -0.1) is 5.10 Å². The smallest absolute Gasteiger partial charge is 0.251 e. The lowest BCUT2D eigenvalue weighted by Crippen LogP contribution is -2.28. The van der Waals surface area contributed by atoms with Crippen LogP contribution in [0, 0.1) is 5.92 Å². The Morgan fingerprint density at radius 3 is 2.82 bits per heavy atom. The Hall–Kier alpha value is -1.61. The Morgan fingerprint density at radius 2 is 2.24 bits per heavy atom. The summed E-state index contributed by atoms with van der Waals surface area (Å²) in [6.45, 7) is 0.251. The number of aromatic nitrogens is 3. The molecule has 0 aromatic carbocycles. The molecule has 17 heavy (non-hydrogen) atoms. The van der Waals surface area contributed by atoms with Crippen molar-refractivity contribution < 1.29 is 13.2 Å². The third-order valence-electron chi connectivity index (χ3n) is 2.39. The molecule has 1 saturated heterocycles. The van der Waals surface area contributed by atoms with E-state index in [1.54, 1.807) is 0 Å². The highest BCUT2D eigenvalue weighted by Crippen LogP contribution is 2.21. The van der Waals surface area contributed by atoms with Gasteiger partial charge in [0.2, 0.25) is 15.9 Å². The molecule has 0 bridgehead atoms. The number of carbonyl (C=O) groups is 1. The molecule has 2 rings (SSSR count). The third kappa shape index (κ3) is 2.94. The van der Waals surface area contributed by atoms with E-state index in [-0.39, 0.29) is 36.5 Å². The predicted octanol–water partition coefficient (Wildman–Crippen LogP) is -1.49. The van der Waals surface area contributed by atoms with Crippen LogP contribution in [-0.4, -0.2) is 41.8 Å². The number of nitrogens with two attached hydrogens (primary N) is 1. The Kier molecular flexibility index (Phi) is 3.03. The van der Waals surface area contributed by atoms with Crippen molar-refractivity contribution in [3.63, 3.8) is 0 Å². The fraction of sp³-hybridized carbons (Fsp3) is 0.500. The highest BCUT2D eigenvalue weighted by atomic mass is 32.2. The van der Waals surface area contributed by atoms with Crippen LogP contribution in [0.1, 0.15) is 6.42 Å². The first-order chi connectivity index (χ1) is 7.96. The molecule has 0 radical (unpaired) electrons. The van der Waals surface area contributed by atoms with Crippen LogP contribution in [0.4, 0.5) is 5.95 Å². The van der Waals surface area contributed by atoms with Gasteiger partial charge in [-0.3, -0.25) is 9.69 Å². The summed E-state index contributed by atoms with van der Waals surface area (Å²) < 4.78 is 21.9. The van der Waals surface area contributed by atoms with Gasteiger partial charge in [-0.05, 0) is 0 Å². The Labute approximate surface area is 97.9 Å². The zero-order valence-electron chi connectivity index (χ0n) is 8.85. The monoisotopic (exact) mass is 257 g/mol. The SMILES string of the molecule is NS(=O)(=O)CC1CC(=O)N(c2nccnn2)C1. The number of anilines is 1. The number of nitrogens with zero attached hydrogens (tertiary/aromatic N) is 4. The van der Waals surface area contributed by atoms with E-state index < -0.39 is 10.0 Å². The molecule has 9 heteroatoms. The molecule has 1 aliphatic rings. The molecule has 2 heterocycles. The van der Waals surface area contributed by atoms with E-state index >= 15 is 0 Å². The van der Waals surface area contributed by atoms with Crippen molar-refractivity contribution in [2.75, 3.05) is 17.2 Å². The molecule has 92 valence electrons. The van der Waals surface area contributed by atoms with Gasteiger partial charge in [0.25, 0.3) is 5.95 Å². The summed E-state index contributed by atoms with van der Waals surface area (Å²) in [6.07, 6.45) is 2.95. The van der Waals surface area contributed by atoms with Gasteiger partial charge in [-0.25, -0.2) is 18.5 Å². The first-order valence-corrected chi connectivity index (χ1v) is 6.62. The highest BCUT2D eigenvalue weighted by molar-refractivity contribution is 7.89. The first-order valence-electron chi connectivity index (χ1n) is 4.90. The fourth-order valence-electron chi connectivity index (χ4n) is 1.78. The van der Waals surface area contributed by atoms with Crippen molar-refractivity contribution in [1.29, 1.82) is 0 Å². The van der Waals surface area contributed by atoms with Crippen LogP contribution < -0.4 is 10.0 Å². The van der Waals surface area contributed by atoms with E-state index in [9.17, 15) is 13.2 Å². The molecule has 1 aliphatic heterocycles. The average Bonchev–Trinajstić information content (AvgIpc) is 2.58. The van der Waals surface area contributed by atoms with Crippen LogP contribution in [-0.2, 0) is 14.8 Å². The lowest BCUT2D eigenvalue weighted by atomic mass is 10.1. The van der Waals surface area contributed by atoms with Crippen LogP contribution in [0.5, 0.6) is 0 Å². The molecular weight excluding hydrogens is 246 g/mol. The molecule has 1 aromatic rings. The van der Waals surface area contributed by atoms with Crippen molar-refractivity contribution >= 4 is 21.9 Å². The van der Waals surface area contributed by atoms with E-state index in [2.05, 4.69) is 15.2 Å². The van der Waals surface area contributed by atoms with E-state index in [0.717, 1.165) is 0 Å². The van der Waals surface area contributed by atoms with Gasteiger partial charge in [-0.1, -0.05) is 0 Å². The van der Waals surface area contributed by atoms with Crippen LogP contribution in [0.3, 0.4) is 0 Å². The minimum atomic E-state index is -3.57. The van der Waals surface area contributed by atoms with Crippen molar-refractivity contribution in [2.24, 2.45) is 11.1 Å². The van der Waals surface area contributed by atoms with Crippen LogP contribution in [0.2, 0.25) is 0 Å². The Morgan fingerprint density at radius 1 is 1.47 bits per heavy atom. The van der Waals surface area contributed by atoms with Gasteiger partial charge in [0, 0.05) is 18.9 Å². The number of hydrogen-bond donors (Lipinski definition) is 1. The Balaban J connectivity index is 2.11. The zero-order valence-corrected chi connectivity index (χ0v) is 9.67. The quantitative estimate of drug-likeness (QED) is 0.704. The second-order valence-electron chi connectivity index (χ2n) is 3.85. The van der Waals surface area contributed by atoms with Crippen LogP contribution in [0.25, 0.3) is 0 Å². The van der Waals surface area contributed by atoms with Crippen molar-refractivity contribution in [3.05, 3.63) is 12.4 Å². The van der Waals surface area contributed by atoms with Crippen molar-refractivity contribution in [3.8, 4) is 0 Å². The van der Waals surface area contributed by atoms with E-state index in [1.807, 2.05) is 0 Å². The maximum absolute atomic E-state index is 11.7. The lowest BCUT2D eigenvalue weighted by Gasteiger charge is -2.12. The summed E-state index contributed by atoms with van der Waals surface area (Å²) in [5.74, 6) is -0.558. The van der Waals surface area contributed by atoms with Crippen LogP contribution in [0.15, 0.2) is 12.4 Å². The van der Waals surface area contributed by atoms with Crippen molar-refractivity contribution in [1.82, 2.24) is 15.2 Å². The van der Waals surface area contributed by atoms with E-state index in [4.69, 9.17) is 5.14 Å². The number of sulfonamides is 1. The molecule has 1 unspecified atom stereocenters. The zero-order chi connectivity index (χ0) is 12.5.